The Balaban J connectivity index is 2.34. The summed E-state index contributed by atoms with van der Waals surface area (Å²) in [6, 6.07) is 9.15. The minimum absolute atomic E-state index is 0.0854. The first kappa shape index (κ1) is 18.9. The van der Waals surface area contributed by atoms with E-state index in [4.69, 9.17) is 4.74 Å². The van der Waals surface area contributed by atoms with Crippen LogP contribution in [-0.4, -0.2) is 7.11 Å². The molecule has 0 aliphatic carbocycles. The van der Waals surface area contributed by atoms with Crippen molar-refractivity contribution in [3.63, 3.8) is 0 Å². The summed E-state index contributed by atoms with van der Waals surface area (Å²) in [6.45, 7) is -0.398. The fraction of sp³-hybridized carbons (Fsp3) is 0.250. The number of para-hydroxylation sites is 1. The van der Waals surface area contributed by atoms with Gasteiger partial charge in [0.15, 0.2) is 0 Å². The zero-order chi connectivity index (χ0) is 18.7. The zero-order valence-corrected chi connectivity index (χ0v) is 12.9. The molecule has 0 atom stereocenters. The summed E-state index contributed by atoms with van der Waals surface area (Å²) in [7, 11) is 1.02. The van der Waals surface area contributed by atoms with Gasteiger partial charge in [-0.05, 0) is 24.3 Å². The molecule has 136 valence electrons. The van der Waals surface area contributed by atoms with Crippen molar-refractivity contribution in [2.24, 2.45) is 0 Å². The van der Waals surface area contributed by atoms with Crippen LogP contribution >= 0.6 is 0 Å². The van der Waals surface area contributed by atoms with Crippen molar-refractivity contribution < 1.29 is 31.1 Å². The normalized spacial score (nSPS) is 12.1. The second kappa shape index (κ2) is 7.22. The van der Waals surface area contributed by atoms with Gasteiger partial charge in [0, 0.05) is 17.8 Å². The lowest BCUT2D eigenvalue weighted by Crippen LogP contribution is -2.24. The Morgan fingerprint density at radius 2 is 1.56 bits per heavy atom. The molecular weight excluding hydrogens is 350 g/mol. The maximum Gasteiger partial charge on any atom is 0.416 e. The molecule has 0 saturated heterocycles. The second-order valence-corrected chi connectivity index (χ2v) is 5.04. The molecule has 0 spiro atoms. The van der Waals surface area contributed by atoms with Gasteiger partial charge in [0.1, 0.15) is 5.75 Å². The summed E-state index contributed by atoms with van der Waals surface area (Å²) in [6.07, 6.45) is -9.88. The van der Waals surface area contributed by atoms with Crippen LogP contribution in [0.1, 0.15) is 16.7 Å². The van der Waals surface area contributed by atoms with E-state index in [1.54, 1.807) is 30.3 Å². The van der Waals surface area contributed by atoms with Gasteiger partial charge in [-0.15, -0.1) is 0 Å². The van der Waals surface area contributed by atoms with Crippen molar-refractivity contribution in [3.05, 3.63) is 59.2 Å². The lowest BCUT2D eigenvalue weighted by atomic mass is 10.0. The molecule has 2 aromatic rings. The highest BCUT2D eigenvalue weighted by molar-refractivity contribution is 5.47. The monoisotopic (exact) mass is 364 g/mol. The van der Waals surface area contributed by atoms with Gasteiger partial charge in [-0.25, -0.2) is 5.43 Å². The van der Waals surface area contributed by atoms with Crippen molar-refractivity contribution in [2.75, 3.05) is 12.5 Å². The molecule has 0 amide bonds. The molecule has 0 saturated carbocycles. The number of alkyl halides is 6. The van der Waals surface area contributed by atoms with E-state index in [0.717, 1.165) is 7.11 Å². The van der Waals surface area contributed by atoms with Crippen LogP contribution in [0.2, 0.25) is 0 Å². The fourth-order valence-electron chi connectivity index (χ4n) is 2.18. The summed E-state index contributed by atoms with van der Waals surface area (Å²) in [5, 5.41) is 0. The second-order valence-electron chi connectivity index (χ2n) is 5.04. The van der Waals surface area contributed by atoms with E-state index in [2.05, 4.69) is 10.9 Å². The minimum Gasteiger partial charge on any atom is -0.496 e. The van der Waals surface area contributed by atoms with Gasteiger partial charge in [-0.1, -0.05) is 18.2 Å². The molecule has 2 aromatic carbocycles. The van der Waals surface area contributed by atoms with Gasteiger partial charge in [-0.3, -0.25) is 0 Å². The summed E-state index contributed by atoms with van der Waals surface area (Å²) in [4.78, 5) is 0. The van der Waals surface area contributed by atoms with Crippen molar-refractivity contribution in [1.82, 2.24) is 5.43 Å². The Hall–Kier alpha value is -2.42. The number of nitrogens with one attached hydrogen (secondary N) is 2. The summed E-state index contributed by atoms with van der Waals surface area (Å²) >= 11 is 0. The van der Waals surface area contributed by atoms with E-state index in [-0.39, 0.29) is 6.07 Å². The largest absolute Gasteiger partial charge is 0.496 e. The van der Waals surface area contributed by atoms with Crippen LogP contribution in [-0.2, 0) is 18.9 Å². The summed E-state index contributed by atoms with van der Waals surface area (Å²) in [5.41, 5.74) is 2.56. The van der Waals surface area contributed by atoms with Gasteiger partial charge in [-0.2, -0.15) is 26.3 Å². The standard InChI is InChI=1S/C16H14F6N2O/c1-25-14-8-10(15(17,18)19)7-13(16(20,21)22)12(14)9-23-24-11-5-3-2-4-6-11/h2-8,23-24H,9H2,1H3. The zero-order valence-electron chi connectivity index (χ0n) is 12.9. The molecule has 0 aliphatic heterocycles. The van der Waals surface area contributed by atoms with Crippen molar-refractivity contribution in [1.29, 1.82) is 0 Å². The highest BCUT2D eigenvalue weighted by atomic mass is 19.4. The van der Waals surface area contributed by atoms with E-state index < -0.39 is 41.3 Å². The Kier molecular flexibility index (Phi) is 5.46. The first-order valence-corrected chi connectivity index (χ1v) is 7.02. The summed E-state index contributed by atoms with van der Waals surface area (Å²) in [5.74, 6) is -0.496. The Bertz CT molecular complexity index is 713. The van der Waals surface area contributed by atoms with Crippen LogP contribution in [0.4, 0.5) is 32.0 Å². The molecule has 0 aromatic heterocycles. The van der Waals surface area contributed by atoms with Crippen LogP contribution in [0.25, 0.3) is 0 Å². The highest BCUT2D eigenvalue weighted by Gasteiger charge is 2.39. The average Bonchev–Trinajstić information content (AvgIpc) is 2.53. The van der Waals surface area contributed by atoms with Crippen LogP contribution < -0.4 is 15.6 Å². The number of rotatable bonds is 5. The quantitative estimate of drug-likeness (QED) is 0.588. The molecule has 0 bridgehead atoms. The summed E-state index contributed by atoms with van der Waals surface area (Å²) < 4.78 is 82.9. The number of benzene rings is 2. The molecule has 0 radical (unpaired) electrons. The van der Waals surface area contributed by atoms with Gasteiger partial charge in [0.25, 0.3) is 0 Å². The lowest BCUT2D eigenvalue weighted by molar-refractivity contribution is -0.143. The maximum absolute atomic E-state index is 13.2. The molecule has 0 aliphatic rings. The topological polar surface area (TPSA) is 33.3 Å². The smallest absolute Gasteiger partial charge is 0.416 e. The van der Waals surface area contributed by atoms with E-state index in [1.807, 2.05) is 0 Å². The third-order valence-corrected chi connectivity index (χ3v) is 3.33. The number of hydrogen-bond donors (Lipinski definition) is 2. The number of hydrazine groups is 1. The van der Waals surface area contributed by atoms with Crippen LogP contribution in [0.15, 0.2) is 42.5 Å². The first-order chi connectivity index (χ1) is 11.6. The predicted octanol–water partition coefficient (Wildman–Crippen LogP) is 4.85. The number of ether oxygens (including phenoxy) is 1. The van der Waals surface area contributed by atoms with E-state index in [1.165, 1.54) is 0 Å². The predicted molar refractivity (Wildman–Crippen MR) is 79.9 cm³/mol. The van der Waals surface area contributed by atoms with Crippen molar-refractivity contribution in [2.45, 2.75) is 18.9 Å². The van der Waals surface area contributed by atoms with Gasteiger partial charge < -0.3 is 10.2 Å². The molecule has 9 heteroatoms. The number of methoxy groups -OCH3 is 1. The van der Waals surface area contributed by atoms with Gasteiger partial charge in [0.05, 0.1) is 18.2 Å². The number of hydrogen-bond acceptors (Lipinski definition) is 3. The highest BCUT2D eigenvalue weighted by Crippen LogP contribution is 2.41. The molecule has 25 heavy (non-hydrogen) atoms. The average molecular weight is 364 g/mol. The number of halogens is 6. The van der Waals surface area contributed by atoms with Crippen molar-refractivity contribution >= 4 is 5.69 Å². The SMILES string of the molecule is COc1cc(C(F)(F)F)cc(C(F)(F)F)c1CNNc1ccccc1. The van der Waals surface area contributed by atoms with Crippen LogP contribution in [0, 0.1) is 0 Å². The van der Waals surface area contributed by atoms with Gasteiger partial charge >= 0.3 is 12.4 Å². The Morgan fingerprint density at radius 1 is 0.920 bits per heavy atom. The van der Waals surface area contributed by atoms with E-state index in [0.29, 0.717) is 11.8 Å². The minimum atomic E-state index is -4.96. The maximum atomic E-state index is 13.2. The third kappa shape index (κ3) is 4.79. The van der Waals surface area contributed by atoms with Crippen LogP contribution in [0.3, 0.4) is 0 Å². The first-order valence-electron chi connectivity index (χ1n) is 7.02. The fourth-order valence-corrected chi connectivity index (χ4v) is 2.18. The molecule has 2 N–H and O–H groups in total. The number of anilines is 1. The Labute approximate surface area is 139 Å². The molecule has 0 heterocycles. The molecule has 2 rings (SSSR count). The third-order valence-electron chi connectivity index (χ3n) is 3.33. The van der Waals surface area contributed by atoms with Crippen LogP contribution in [0.5, 0.6) is 5.75 Å². The molecule has 0 fully saturated rings. The lowest BCUT2D eigenvalue weighted by Gasteiger charge is -2.20. The van der Waals surface area contributed by atoms with Crippen molar-refractivity contribution in [3.8, 4) is 5.75 Å². The van der Waals surface area contributed by atoms with Gasteiger partial charge in [0.2, 0.25) is 0 Å². The molecule has 3 nitrogen and oxygen atoms in total. The van der Waals surface area contributed by atoms with E-state index in [9.17, 15) is 26.3 Å². The Morgan fingerprint density at radius 3 is 2.08 bits per heavy atom. The van der Waals surface area contributed by atoms with E-state index >= 15 is 0 Å². The molecule has 0 unspecified atom stereocenters. The molecular formula is C16H14F6N2O.